The normalized spacial score (nSPS) is 13.8. The van der Waals surface area contributed by atoms with Gasteiger partial charge < -0.3 is 5.32 Å². The number of rotatable bonds is 5. The summed E-state index contributed by atoms with van der Waals surface area (Å²) >= 11 is 1.47. The van der Waals surface area contributed by atoms with Crippen LogP contribution in [0.15, 0.2) is 0 Å². The minimum atomic E-state index is 0.0447. The average Bonchev–Trinajstić information content (AvgIpc) is 2.62. The van der Waals surface area contributed by atoms with Crippen molar-refractivity contribution in [2.24, 2.45) is 0 Å². The van der Waals surface area contributed by atoms with Crippen LogP contribution in [0.1, 0.15) is 59.7 Å². The highest BCUT2D eigenvalue weighted by atomic mass is 32.1. The lowest BCUT2D eigenvalue weighted by atomic mass is 9.96. The molecule has 1 aromatic rings. The maximum Gasteiger partial charge on any atom is 0.202 e. The smallest absolute Gasteiger partial charge is 0.202 e. The first-order valence-electron chi connectivity index (χ1n) is 6.04. The van der Waals surface area contributed by atoms with Crippen LogP contribution < -0.4 is 5.32 Å². The molecule has 16 heavy (non-hydrogen) atoms. The van der Waals surface area contributed by atoms with Gasteiger partial charge in [-0.2, -0.15) is 4.37 Å². The summed E-state index contributed by atoms with van der Waals surface area (Å²) in [5.41, 5.74) is 0.0447. The van der Waals surface area contributed by atoms with E-state index in [9.17, 15) is 0 Å². The third-order valence-corrected chi connectivity index (χ3v) is 3.10. The van der Waals surface area contributed by atoms with Crippen LogP contribution in [-0.2, 0) is 5.41 Å². The van der Waals surface area contributed by atoms with E-state index in [0.29, 0.717) is 6.04 Å². The Kier molecular flexibility index (Phi) is 4.71. The second-order valence-corrected chi connectivity index (χ2v) is 6.11. The summed E-state index contributed by atoms with van der Waals surface area (Å²) in [7, 11) is 0. The lowest BCUT2D eigenvalue weighted by Gasteiger charge is -2.13. The first-order valence-corrected chi connectivity index (χ1v) is 6.81. The first-order chi connectivity index (χ1) is 7.43. The van der Waals surface area contributed by atoms with E-state index in [1.165, 1.54) is 30.8 Å². The highest BCUT2D eigenvalue weighted by Crippen LogP contribution is 2.23. The predicted octanol–water partition coefficient (Wildman–Crippen LogP) is 3.83. The second kappa shape index (κ2) is 5.62. The van der Waals surface area contributed by atoms with E-state index < -0.39 is 0 Å². The Morgan fingerprint density at radius 3 is 2.56 bits per heavy atom. The zero-order valence-electron chi connectivity index (χ0n) is 11.0. The van der Waals surface area contributed by atoms with Crippen LogP contribution in [0.3, 0.4) is 0 Å². The highest BCUT2D eigenvalue weighted by molar-refractivity contribution is 7.09. The zero-order chi connectivity index (χ0) is 12.2. The maximum atomic E-state index is 4.53. The Morgan fingerprint density at radius 2 is 2.06 bits per heavy atom. The Bertz CT molecular complexity index is 314. The van der Waals surface area contributed by atoms with Crippen LogP contribution in [0.25, 0.3) is 0 Å². The number of hydrogen-bond donors (Lipinski definition) is 1. The van der Waals surface area contributed by atoms with Gasteiger partial charge in [0, 0.05) is 23.0 Å². The van der Waals surface area contributed by atoms with E-state index in [1.807, 2.05) is 0 Å². The van der Waals surface area contributed by atoms with Gasteiger partial charge in [0.1, 0.15) is 5.82 Å². The molecule has 1 unspecified atom stereocenters. The lowest BCUT2D eigenvalue weighted by Crippen LogP contribution is -2.16. The van der Waals surface area contributed by atoms with Crippen LogP contribution in [-0.4, -0.2) is 15.4 Å². The lowest BCUT2D eigenvalue weighted by molar-refractivity contribution is 0.554. The monoisotopic (exact) mass is 241 g/mol. The molecule has 0 radical (unpaired) electrons. The van der Waals surface area contributed by atoms with Gasteiger partial charge in [-0.3, -0.25) is 0 Å². The van der Waals surface area contributed by atoms with E-state index in [4.69, 9.17) is 0 Å². The Morgan fingerprint density at radius 1 is 1.38 bits per heavy atom. The molecule has 1 rings (SSSR count). The van der Waals surface area contributed by atoms with Crippen molar-refractivity contribution >= 4 is 16.7 Å². The number of nitrogens with one attached hydrogen (secondary N) is 1. The molecule has 0 fully saturated rings. The first kappa shape index (κ1) is 13.4. The van der Waals surface area contributed by atoms with Gasteiger partial charge in [0.2, 0.25) is 5.13 Å². The van der Waals surface area contributed by atoms with Gasteiger partial charge in [-0.15, -0.1) is 0 Å². The quantitative estimate of drug-likeness (QED) is 0.851. The third-order valence-electron chi connectivity index (χ3n) is 2.46. The molecule has 0 aliphatic heterocycles. The van der Waals surface area contributed by atoms with E-state index in [1.54, 1.807) is 0 Å². The van der Waals surface area contributed by atoms with Crippen molar-refractivity contribution in [2.75, 3.05) is 5.32 Å². The molecular weight excluding hydrogens is 218 g/mol. The second-order valence-electron chi connectivity index (χ2n) is 5.36. The minimum absolute atomic E-state index is 0.0447. The standard InChI is InChI=1S/C12H23N3S/c1-6-7-8-9(2)13-11-14-10(15-16-11)12(3,4)5/h9H,6-8H2,1-5H3,(H,13,14,15). The molecule has 0 aliphatic rings. The fourth-order valence-corrected chi connectivity index (χ4v) is 2.25. The molecule has 0 bridgehead atoms. The summed E-state index contributed by atoms with van der Waals surface area (Å²) < 4.78 is 4.39. The SMILES string of the molecule is CCCCC(C)Nc1nc(C(C)(C)C)ns1. The summed E-state index contributed by atoms with van der Waals surface area (Å²) in [6, 6.07) is 0.487. The molecule has 0 spiro atoms. The van der Waals surface area contributed by atoms with Crippen LogP contribution in [0.2, 0.25) is 0 Å². The van der Waals surface area contributed by atoms with Crippen LogP contribution in [0, 0.1) is 0 Å². The number of hydrogen-bond acceptors (Lipinski definition) is 4. The van der Waals surface area contributed by atoms with E-state index in [2.05, 4.69) is 49.3 Å². The fourth-order valence-electron chi connectivity index (χ4n) is 1.38. The van der Waals surface area contributed by atoms with Crippen LogP contribution in [0.4, 0.5) is 5.13 Å². The summed E-state index contributed by atoms with van der Waals surface area (Å²) in [4.78, 5) is 4.53. The molecule has 1 atom stereocenters. The van der Waals surface area contributed by atoms with Crippen molar-refractivity contribution in [1.29, 1.82) is 0 Å². The summed E-state index contributed by atoms with van der Waals surface area (Å²) in [6.07, 6.45) is 3.70. The van der Waals surface area contributed by atoms with Gasteiger partial charge in [0.15, 0.2) is 0 Å². The van der Waals surface area contributed by atoms with Crippen molar-refractivity contribution < 1.29 is 0 Å². The molecule has 0 aromatic carbocycles. The van der Waals surface area contributed by atoms with Crippen LogP contribution >= 0.6 is 11.5 Å². The van der Waals surface area contributed by atoms with Crippen molar-refractivity contribution in [3.8, 4) is 0 Å². The van der Waals surface area contributed by atoms with E-state index >= 15 is 0 Å². The van der Waals surface area contributed by atoms with E-state index in [-0.39, 0.29) is 5.41 Å². The number of anilines is 1. The molecule has 92 valence electrons. The molecule has 1 heterocycles. The largest absolute Gasteiger partial charge is 0.358 e. The Hall–Kier alpha value is -0.640. The fraction of sp³-hybridized carbons (Fsp3) is 0.833. The summed E-state index contributed by atoms with van der Waals surface area (Å²) in [5.74, 6) is 0.933. The van der Waals surface area contributed by atoms with Gasteiger partial charge in [0.05, 0.1) is 0 Å². The molecule has 1 N–H and O–H groups in total. The van der Waals surface area contributed by atoms with Crippen LogP contribution in [0.5, 0.6) is 0 Å². The van der Waals surface area contributed by atoms with Gasteiger partial charge in [0.25, 0.3) is 0 Å². The highest BCUT2D eigenvalue weighted by Gasteiger charge is 2.19. The number of unbranched alkanes of at least 4 members (excludes halogenated alkanes) is 1. The third kappa shape index (κ3) is 4.08. The molecule has 0 amide bonds. The zero-order valence-corrected chi connectivity index (χ0v) is 11.8. The molecule has 0 saturated carbocycles. The summed E-state index contributed by atoms with van der Waals surface area (Å²) in [6.45, 7) is 10.8. The molecule has 1 aromatic heterocycles. The van der Waals surface area contributed by atoms with Crippen molar-refractivity contribution in [2.45, 2.75) is 65.3 Å². The van der Waals surface area contributed by atoms with Gasteiger partial charge >= 0.3 is 0 Å². The Labute approximate surface area is 103 Å². The Balaban J connectivity index is 2.52. The van der Waals surface area contributed by atoms with Crippen molar-refractivity contribution in [3.63, 3.8) is 0 Å². The van der Waals surface area contributed by atoms with Gasteiger partial charge in [-0.05, 0) is 13.3 Å². The molecule has 0 saturated heterocycles. The minimum Gasteiger partial charge on any atom is -0.358 e. The molecule has 0 aliphatic carbocycles. The van der Waals surface area contributed by atoms with Gasteiger partial charge in [-0.1, -0.05) is 40.5 Å². The average molecular weight is 241 g/mol. The molecule has 3 nitrogen and oxygen atoms in total. The van der Waals surface area contributed by atoms with Gasteiger partial charge in [-0.25, -0.2) is 4.98 Å². The molecular formula is C12H23N3S. The number of aromatic nitrogens is 2. The topological polar surface area (TPSA) is 37.8 Å². The summed E-state index contributed by atoms with van der Waals surface area (Å²) in [5, 5.41) is 4.37. The predicted molar refractivity (Wildman–Crippen MR) is 71.2 cm³/mol. The van der Waals surface area contributed by atoms with Crippen molar-refractivity contribution in [3.05, 3.63) is 5.82 Å². The number of nitrogens with zero attached hydrogens (tertiary/aromatic N) is 2. The maximum absolute atomic E-state index is 4.53. The van der Waals surface area contributed by atoms with Crippen molar-refractivity contribution in [1.82, 2.24) is 9.36 Å². The molecule has 4 heteroatoms. The van der Waals surface area contributed by atoms with E-state index in [0.717, 1.165) is 11.0 Å².